The second kappa shape index (κ2) is 4.53. The molecular formula is C12H15NO2. The van der Waals surface area contributed by atoms with Gasteiger partial charge in [-0.25, -0.2) is 0 Å². The number of Topliss-reactive ketones (excluding diaryl/α,β-unsaturated/α-hetero) is 1. The highest BCUT2D eigenvalue weighted by atomic mass is 16.5. The van der Waals surface area contributed by atoms with Crippen LogP contribution in [-0.2, 0) is 4.74 Å². The molecule has 1 saturated heterocycles. The molecule has 80 valence electrons. The van der Waals surface area contributed by atoms with Gasteiger partial charge in [-0.1, -0.05) is 6.92 Å². The predicted octanol–water partition coefficient (Wildman–Crippen LogP) is 2.08. The molecule has 2 heterocycles. The molecule has 0 saturated carbocycles. The van der Waals surface area contributed by atoms with Crippen molar-refractivity contribution >= 4 is 5.78 Å². The summed E-state index contributed by atoms with van der Waals surface area (Å²) in [6.07, 6.45) is 5.15. The van der Waals surface area contributed by atoms with Crippen LogP contribution in [0.3, 0.4) is 0 Å². The van der Waals surface area contributed by atoms with E-state index >= 15 is 0 Å². The second-order valence-corrected chi connectivity index (χ2v) is 3.82. The molecule has 0 spiro atoms. The number of pyridine rings is 1. The molecule has 0 aliphatic carbocycles. The smallest absolute Gasteiger partial charge is 0.170 e. The average molecular weight is 205 g/mol. The molecule has 2 rings (SSSR count). The van der Waals surface area contributed by atoms with Gasteiger partial charge in [0.1, 0.15) is 0 Å². The highest BCUT2D eigenvalue weighted by molar-refractivity contribution is 5.98. The Balaban J connectivity index is 2.14. The lowest BCUT2D eigenvalue weighted by molar-refractivity contribution is 0.0689. The van der Waals surface area contributed by atoms with E-state index in [1.54, 1.807) is 18.5 Å². The van der Waals surface area contributed by atoms with Gasteiger partial charge in [-0.3, -0.25) is 9.78 Å². The summed E-state index contributed by atoms with van der Waals surface area (Å²) in [6.45, 7) is 2.76. The van der Waals surface area contributed by atoms with Crippen LogP contribution in [-0.4, -0.2) is 23.5 Å². The van der Waals surface area contributed by atoms with Crippen LogP contribution >= 0.6 is 0 Å². The van der Waals surface area contributed by atoms with Crippen LogP contribution in [0.25, 0.3) is 0 Å². The van der Waals surface area contributed by atoms with Crippen molar-refractivity contribution in [2.75, 3.05) is 6.61 Å². The fourth-order valence-electron chi connectivity index (χ4n) is 2.07. The molecule has 1 aliphatic heterocycles. The Bertz CT molecular complexity index is 337. The Morgan fingerprint density at radius 1 is 1.67 bits per heavy atom. The summed E-state index contributed by atoms with van der Waals surface area (Å²) in [6, 6.07) is 3.62. The van der Waals surface area contributed by atoms with Crippen molar-refractivity contribution in [3.05, 3.63) is 30.1 Å². The fraction of sp³-hybridized carbons (Fsp3) is 0.500. The molecule has 0 amide bonds. The van der Waals surface area contributed by atoms with Crippen LogP contribution in [0.15, 0.2) is 24.5 Å². The number of rotatable bonds is 3. The minimum absolute atomic E-state index is 0.0270. The van der Waals surface area contributed by atoms with Gasteiger partial charge < -0.3 is 4.74 Å². The van der Waals surface area contributed by atoms with E-state index < -0.39 is 0 Å². The summed E-state index contributed by atoms with van der Waals surface area (Å²) in [5.41, 5.74) is 0.700. The maximum atomic E-state index is 12.1. The standard InChI is InChI=1S/C12H15NO2/c1-2-11-10(5-7-15-11)12(14)9-4-3-6-13-8-9/h3-4,6,8,10-11H,2,5,7H2,1H3. The number of carbonyl (C=O) groups is 1. The molecule has 0 aromatic carbocycles. The molecule has 15 heavy (non-hydrogen) atoms. The lowest BCUT2D eigenvalue weighted by atomic mass is 9.91. The van der Waals surface area contributed by atoms with Crippen molar-refractivity contribution in [2.24, 2.45) is 5.92 Å². The molecule has 1 aliphatic rings. The van der Waals surface area contributed by atoms with Crippen molar-refractivity contribution in [1.29, 1.82) is 0 Å². The van der Waals surface area contributed by atoms with Gasteiger partial charge >= 0.3 is 0 Å². The van der Waals surface area contributed by atoms with E-state index in [9.17, 15) is 4.79 Å². The molecule has 1 aromatic rings. The number of ketones is 1. The monoisotopic (exact) mass is 205 g/mol. The van der Waals surface area contributed by atoms with Crippen molar-refractivity contribution < 1.29 is 9.53 Å². The molecule has 2 atom stereocenters. The minimum atomic E-state index is 0.0270. The van der Waals surface area contributed by atoms with Crippen LogP contribution in [0.2, 0.25) is 0 Å². The first kappa shape index (κ1) is 10.3. The van der Waals surface area contributed by atoms with Gasteiger partial charge in [0, 0.05) is 24.6 Å². The molecule has 1 aromatic heterocycles. The Hall–Kier alpha value is -1.22. The van der Waals surface area contributed by atoms with E-state index in [-0.39, 0.29) is 17.8 Å². The van der Waals surface area contributed by atoms with Crippen molar-refractivity contribution in [3.63, 3.8) is 0 Å². The molecule has 0 radical (unpaired) electrons. The summed E-state index contributed by atoms with van der Waals surface area (Å²) in [5.74, 6) is 0.201. The largest absolute Gasteiger partial charge is 0.377 e. The highest BCUT2D eigenvalue weighted by Gasteiger charge is 2.33. The number of ether oxygens (including phenoxy) is 1. The number of hydrogen-bond donors (Lipinski definition) is 0. The highest BCUT2D eigenvalue weighted by Crippen LogP contribution is 2.26. The Morgan fingerprint density at radius 2 is 2.53 bits per heavy atom. The van der Waals surface area contributed by atoms with E-state index in [2.05, 4.69) is 11.9 Å². The molecular weight excluding hydrogens is 190 g/mol. The summed E-state index contributed by atoms with van der Waals surface area (Å²) in [4.78, 5) is 16.1. The molecule has 1 fully saturated rings. The third-order valence-electron chi connectivity index (χ3n) is 2.89. The fourth-order valence-corrected chi connectivity index (χ4v) is 2.07. The molecule has 0 N–H and O–H groups in total. The second-order valence-electron chi connectivity index (χ2n) is 3.82. The van der Waals surface area contributed by atoms with Gasteiger partial charge in [-0.2, -0.15) is 0 Å². The first-order chi connectivity index (χ1) is 7.33. The summed E-state index contributed by atoms with van der Waals surface area (Å²) in [5, 5.41) is 0. The Morgan fingerprint density at radius 3 is 3.20 bits per heavy atom. The molecule has 2 unspecified atom stereocenters. The number of hydrogen-bond acceptors (Lipinski definition) is 3. The summed E-state index contributed by atoms with van der Waals surface area (Å²) < 4.78 is 5.52. The maximum absolute atomic E-state index is 12.1. The van der Waals surface area contributed by atoms with Gasteiger partial charge in [0.15, 0.2) is 5.78 Å². The van der Waals surface area contributed by atoms with Crippen LogP contribution in [0.5, 0.6) is 0 Å². The quantitative estimate of drug-likeness (QED) is 0.709. The maximum Gasteiger partial charge on any atom is 0.170 e. The van der Waals surface area contributed by atoms with Gasteiger partial charge in [0.2, 0.25) is 0 Å². The van der Waals surface area contributed by atoms with Gasteiger partial charge in [-0.15, -0.1) is 0 Å². The number of carbonyl (C=O) groups excluding carboxylic acids is 1. The SMILES string of the molecule is CCC1OCCC1C(=O)c1cccnc1. The lowest BCUT2D eigenvalue weighted by Gasteiger charge is -2.15. The van der Waals surface area contributed by atoms with Gasteiger partial charge in [0.05, 0.1) is 12.0 Å². The zero-order chi connectivity index (χ0) is 10.7. The third-order valence-corrected chi connectivity index (χ3v) is 2.89. The van der Waals surface area contributed by atoms with Crippen LogP contribution in [0, 0.1) is 5.92 Å². The molecule has 3 heteroatoms. The van der Waals surface area contributed by atoms with Gasteiger partial charge in [0.25, 0.3) is 0 Å². The zero-order valence-corrected chi connectivity index (χ0v) is 8.85. The minimum Gasteiger partial charge on any atom is -0.377 e. The van der Waals surface area contributed by atoms with Crippen LogP contribution in [0.1, 0.15) is 30.1 Å². The Kier molecular flexibility index (Phi) is 3.11. The zero-order valence-electron chi connectivity index (χ0n) is 8.85. The number of aromatic nitrogens is 1. The third kappa shape index (κ3) is 2.07. The van der Waals surface area contributed by atoms with E-state index in [0.717, 1.165) is 12.8 Å². The van der Waals surface area contributed by atoms with Crippen molar-refractivity contribution in [1.82, 2.24) is 4.98 Å². The Labute approximate surface area is 89.5 Å². The van der Waals surface area contributed by atoms with Gasteiger partial charge in [-0.05, 0) is 25.0 Å². The lowest BCUT2D eigenvalue weighted by Crippen LogP contribution is -2.23. The predicted molar refractivity (Wildman–Crippen MR) is 56.7 cm³/mol. The molecule has 0 bridgehead atoms. The van der Waals surface area contributed by atoms with E-state index in [1.807, 2.05) is 6.07 Å². The normalized spacial score (nSPS) is 25.4. The van der Waals surface area contributed by atoms with Crippen molar-refractivity contribution in [2.45, 2.75) is 25.9 Å². The summed E-state index contributed by atoms with van der Waals surface area (Å²) in [7, 11) is 0. The van der Waals surface area contributed by atoms with Crippen LogP contribution in [0.4, 0.5) is 0 Å². The average Bonchev–Trinajstić information content (AvgIpc) is 2.77. The van der Waals surface area contributed by atoms with E-state index in [0.29, 0.717) is 12.2 Å². The van der Waals surface area contributed by atoms with E-state index in [4.69, 9.17) is 4.74 Å². The number of nitrogens with zero attached hydrogens (tertiary/aromatic N) is 1. The first-order valence-electron chi connectivity index (χ1n) is 5.38. The topological polar surface area (TPSA) is 39.2 Å². The van der Waals surface area contributed by atoms with Crippen LogP contribution < -0.4 is 0 Å². The first-order valence-corrected chi connectivity index (χ1v) is 5.38. The van der Waals surface area contributed by atoms with E-state index in [1.165, 1.54) is 0 Å². The molecule has 3 nitrogen and oxygen atoms in total. The van der Waals surface area contributed by atoms with Crippen molar-refractivity contribution in [3.8, 4) is 0 Å². The summed E-state index contributed by atoms with van der Waals surface area (Å²) >= 11 is 0.